The van der Waals surface area contributed by atoms with Crippen molar-refractivity contribution in [2.75, 3.05) is 0 Å². The number of aryl methyl sites for hydroxylation is 1. The van der Waals surface area contributed by atoms with Crippen LogP contribution in [0.2, 0.25) is 0 Å². The highest BCUT2D eigenvalue weighted by molar-refractivity contribution is 5.93. The third-order valence-corrected chi connectivity index (χ3v) is 3.32. The molecule has 0 saturated carbocycles. The number of nitrogens with one attached hydrogen (secondary N) is 1. The molecule has 94 valence electrons. The molecule has 0 fully saturated rings. The molecule has 0 aliphatic carbocycles. The third-order valence-electron chi connectivity index (χ3n) is 3.32. The zero-order chi connectivity index (χ0) is 13.4. The van der Waals surface area contributed by atoms with Gasteiger partial charge in [0.1, 0.15) is 5.82 Å². The Morgan fingerprint density at radius 3 is 2.68 bits per heavy atom. The molecule has 2 aromatic heterocycles. The molecule has 2 heterocycles. The summed E-state index contributed by atoms with van der Waals surface area (Å²) in [5.74, 6) is 0.567. The second kappa shape index (κ2) is 4.31. The minimum absolute atomic E-state index is 0.101. The highest BCUT2D eigenvalue weighted by atomic mass is 16.1. The molecule has 0 spiro atoms. The quantitative estimate of drug-likeness (QED) is 0.723. The fourth-order valence-corrected chi connectivity index (χ4v) is 2.08. The largest absolute Gasteiger partial charge is 0.306 e. The first-order chi connectivity index (χ1) is 9.16. The summed E-state index contributed by atoms with van der Waals surface area (Å²) < 4.78 is 0. The first kappa shape index (κ1) is 11.6. The van der Waals surface area contributed by atoms with Gasteiger partial charge in [-0.2, -0.15) is 0 Å². The summed E-state index contributed by atoms with van der Waals surface area (Å²) in [4.78, 5) is 23.3. The van der Waals surface area contributed by atoms with Crippen LogP contribution in [0, 0.1) is 13.8 Å². The van der Waals surface area contributed by atoms with E-state index in [0.717, 1.165) is 22.0 Å². The van der Waals surface area contributed by atoms with Gasteiger partial charge in [0.05, 0.1) is 0 Å². The van der Waals surface area contributed by atoms with Gasteiger partial charge in [0.15, 0.2) is 0 Å². The SMILES string of the molecule is Cc1nc(-c2cncc3ccccc23)[nH]c(=O)c1C. The van der Waals surface area contributed by atoms with Crippen molar-refractivity contribution in [3.05, 3.63) is 58.3 Å². The molecule has 0 saturated heterocycles. The molecule has 0 aliphatic rings. The van der Waals surface area contributed by atoms with Crippen molar-refractivity contribution in [2.24, 2.45) is 0 Å². The van der Waals surface area contributed by atoms with E-state index in [1.807, 2.05) is 31.2 Å². The Kier molecular flexibility index (Phi) is 2.63. The molecule has 0 atom stereocenters. The first-order valence-electron chi connectivity index (χ1n) is 6.07. The van der Waals surface area contributed by atoms with Gasteiger partial charge < -0.3 is 4.98 Å². The fraction of sp³-hybridized carbons (Fsp3) is 0.133. The number of benzene rings is 1. The van der Waals surface area contributed by atoms with E-state index in [2.05, 4.69) is 15.0 Å². The van der Waals surface area contributed by atoms with Gasteiger partial charge in [0.2, 0.25) is 0 Å². The molecule has 3 aromatic rings. The van der Waals surface area contributed by atoms with Crippen LogP contribution in [-0.2, 0) is 0 Å². The molecule has 0 amide bonds. The van der Waals surface area contributed by atoms with Gasteiger partial charge in [-0.05, 0) is 19.2 Å². The highest BCUT2D eigenvalue weighted by Crippen LogP contribution is 2.24. The molecule has 4 heteroatoms. The fourth-order valence-electron chi connectivity index (χ4n) is 2.08. The molecule has 3 rings (SSSR count). The van der Waals surface area contributed by atoms with Crippen molar-refractivity contribution in [2.45, 2.75) is 13.8 Å². The Balaban J connectivity index is 2.34. The van der Waals surface area contributed by atoms with E-state index in [1.165, 1.54) is 0 Å². The number of pyridine rings is 1. The summed E-state index contributed by atoms with van der Waals surface area (Å²) in [5.41, 5.74) is 2.14. The van der Waals surface area contributed by atoms with Crippen LogP contribution in [0.1, 0.15) is 11.3 Å². The third kappa shape index (κ3) is 1.91. The molecular weight excluding hydrogens is 238 g/mol. The molecule has 1 aromatic carbocycles. The van der Waals surface area contributed by atoms with Gasteiger partial charge in [-0.15, -0.1) is 0 Å². The van der Waals surface area contributed by atoms with Crippen molar-refractivity contribution in [3.8, 4) is 11.4 Å². The molecule has 0 unspecified atom stereocenters. The first-order valence-corrected chi connectivity index (χ1v) is 6.07. The number of fused-ring (bicyclic) bond motifs is 1. The highest BCUT2D eigenvalue weighted by Gasteiger charge is 2.09. The average molecular weight is 251 g/mol. The van der Waals surface area contributed by atoms with Gasteiger partial charge in [0, 0.05) is 34.6 Å². The number of hydrogen-bond donors (Lipinski definition) is 1. The lowest BCUT2D eigenvalue weighted by Gasteiger charge is -2.07. The molecular formula is C15H13N3O. The van der Waals surface area contributed by atoms with Crippen molar-refractivity contribution in [3.63, 3.8) is 0 Å². The lowest BCUT2D eigenvalue weighted by atomic mass is 10.1. The van der Waals surface area contributed by atoms with Crippen molar-refractivity contribution < 1.29 is 0 Å². The van der Waals surface area contributed by atoms with E-state index in [1.54, 1.807) is 19.3 Å². The molecule has 0 aliphatic heterocycles. The number of H-pyrrole nitrogens is 1. The van der Waals surface area contributed by atoms with E-state index in [0.29, 0.717) is 11.4 Å². The standard InChI is InChI=1S/C15H13N3O/c1-9-10(2)17-14(18-15(9)19)13-8-16-7-11-5-3-4-6-12(11)13/h3-8H,1-2H3,(H,17,18,19). The van der Waals surface area contributed by atoms with E-state index >= 15 is 0 Å². The molecule has 4 nitrogen and oxygen atoms in total. The number of aromatic nitrogens is 3. The van der Waals surface area contributed by atoms with Gasteiger partial charge in [-0.25, -0.2) is 4.98 Å². The lowest BCUT2D eigenvalue weighted by molar-refractivity contribution is 1.03. The number of aromatic amines is 1. The lowest BCUT2D eigenvalue weighted by Crippen LogP contribution is -2.14. The van der Waals surface area contributed by atoms with E-state index < -0.39 is 0 Å². The Bertz CT molecular complexity index is 816. The summed E-state index contributed by atoms with van der Waals surface area (Å²) in [6.07, 6.45) is 3.54. The molecule has 0 radical (unpaired) electrons. The van der Waals surface area contributed by atoms with Gasteiger partial charge in [-0.3, -0.25) is 9.78 Å². The van der Waals surface area contributed by atoms with Crippen LogP contribution in [-0.4, -0.2) is 15.0 Å². The monoisotopic (exact) mass is 251 g/mol. The second-order valence-electron chi connectivity index (χ2n) is 4.53. The summed E-state index contributed by atoms with van der Waals surface area (Å²) in [6.45, 7) is 3.61. The maximum atomic E-state index is 11.9. The summed E-state index contributed by atoms with van der Waals surface area (Å²) >= 11 is 0. The number of hydrogen-bond acceptors (Lipinski definition) is 3. The molecule has 0 bridgehead atoms. The van der Waals surface area contributed by atoms with Crippen LogP contribution in [0.4, 0.5) is 0 Å². The van der Waals surface area contributed by atoms with E-state index in [9.17, 15) is 4.79 Å². The number of rotatable bonds is 1. The normalized spacial score (nSPS) is 10.8. The van der Waals surface area contributed by atoms with Crippen molar-refractivity contribution >= 4 is 10.8 Å². The van der Waals surface area contributed by atoms with Crippen molar-refractivity contribution in [1.29, 1.82) is 0 Å². The summed E-state index contributed by atoms with van der Waals surface area (Å²) in [6, 6.07) is 7.92. The Hall–Kier alpha value is -2.49. The predicted octanol–water partition coefficient (Wildman–Crippen LogP) is 2.60. The van der Waals surface area contributed by atoms with Crippen molar-refractivity contribution in [1.82, 2.24) is 15.0 Å². The minimum atomic E-state index is -0.101. The molecule has 19 heavy (non-hydrogen) atoms. The minimum Gasteiger partial charge on any atom is -0.306 e. The number of nitrogens with zero attached hydrogens (tertiary/aromatic N) is 2. The van der Waals surface area contributed by atoms with Gasteiger partial charge >= 0.3 is 0 Å². The summed E-state index contributed by atoms with van der Waals surface area (Å²) in [7, 11) is 0. The maximum absolute atomic E-state index is 11.9. The zero-order valence-corrected chi connectivity index (χ0v) is 10.8. The second-order valence-corrected chi connectivity index (χ2v) is 4.53. The van der Waals surface area contributed by atoms with Gasteiger partial charge in [0.25, 0.3) is 5.56 Å². The van der Waals surface area contributed by atoms with Gasteiger partial charge in [-0.1, -0.05) is 24.3 Å². The predicted molar refractivity (Wildman–Crippen MR) is 75.1 cm³/mol. The zero-order valence-electron chi connectivity index (χ0n) is 10.8. The Labute approximate surface area is 110 Å². The van der Waals surface area contributed by atoms with Crippen LogP contribution in [0.15, 0.2) is 41.5 Å². The van der Waals surface area contributed by atoms with Crippen LogP contribution < -0.4 is 5.56 Å². The van der Waals surface area contributed by atoms with Crippen LogP contribution >= 0.6 is 0 Å². The van der Waals surface area contributed by atoms with E-state index in [-0.39, 0.29) is 5.56 Å². The maximum Gasteiger partial charge on any atom is 0.254 e. The molecule has 1 N–H and O–H groups in total. The smallest absolute Gasteiger partial charge is 0.254 e. The Morgan fingerprint density at radius 1 is 1.11 bits per heavy atom. The van der Waals surface area contributed by atoms with Crippen LogP contribution in [0.25, 0.3) is 22.2 Å². The Morgan fingerprint density at radius 2 is 1.89 bits per heavy atom. The summed E-state index contributed by atoms with van der Waals surface area (Å²) in [5, 5.41) is 2.06. The average Bonchev–Trinajstić information content (AvgIpc) is 2.43. The van der Waals surface area contributed by atoms with Crippen LogP contribution in [0.3, 0.4) is 0 Å². The topological polar surface area (TPSA) is 58.6 Å². The van der Waals surface area contributed by atoms with Crippen LogP contribution in [0.5, 0.6) is 0 Å². The van der Waals surface area contributed by atoms with E-state index in [4.69, 9.17) is 0 Å².